The second-order valence-electron chi connectivity index (χ2n) is 6.62. The van der Waals surface area contributed by atoms with Crippen LogP contribution in [0.1, 0.15) is 50.2 Å². The van der Waals surface area contributed by atoms with Crippen LogP contribution in [0.15, 0.2) is 18.2 Å². The molecular weight excluding hydrogens is 291 g/mol. The lowest BCUT2D eigenvalue weighted by molar-refractivity contribution is -0.126. The molecule has 1 fully saturated rings. The molecule has 0 saturated carbocycles. The summed E-state index contributed by atoms with van der Waals surface area (Å²) in [6.07, 6.45) is 5.65. The van der Waals surface area contributed by atoms with E-state index in [0.29, 0.717) is 12.1 Å². The number of amides is 1. The molecule has 1 aliphatic rings. The Balaban J connectivity index is 1.71. The van der Waals surface area contributed by atoms with E-state index in [1.54, 1.807) is 13.0 Å². The zero-order chi connectivity index (χ0) is 16.7. The molecule has 0 bridgehead atoms. The second-order valence-corrected chi connectivity index (χ2v) is 6.62. The van der Waals surface area contributed by atoms with Gasteiger partial charge in [-0.2, -0.15) is 0 Å². The van der Waals surface area contributed by atoms with E-state index in [9.17, 15) is 9.18 Å². The number of hydrogen-bond donors (Lipinski definition) is 1. The number of likely N-dealkylation sites (tertiary alicyclic amines) is 1. The van der Waals surface area contributed by atoms with Crippen LogP contribution in [0.5, 0.6) is 0 Å². The highest BCUT2D eigenvalue weighted by molar-refractivity contribution is 5.78. The van der Waals surface area contributed by atoms with Gasteiger partial charge in [-0.3, -0.25) is 4.79 Å². The Bertz CT molecular complexity index is 510. The Labute approximate surface area is 139 Å². The van der Waals surface area contributed by atoms with Crippen molar-refractivity contribution in [3.8, 4) is 0 Å². The van der Waals surface area contributed by atoms with E-state index in [4.69, 9.17) is 0 Å². The lowest BCUT2D eigenvalue weighted by atomic mass is 9.95. The topological polar surface area (TPSA) is 32.3 Å². The highest BCUT2D eigenvalue weighted by atomic mass is 19.1. The van der Waals surface area contributed by atoms with Crippen molar-refractivity contribution in [2.45, 2.75) is 52.5 Å². The van der Waals surface area contributed by atoms with Crippen molar-refractivity contribution in [2.24, 2.45) is 5.92 Å². The van der Waals surface area contributed by atoms with Crippen molar-refractivity contribution in [2.75, 3.05) is 19.6 Å². The van der Waals surface area contributed by atoms with Crippen LogP contribution in [0, 0.1) is 18.7 Å². The molecule has 1 N–H and O–H groups in total. The Kier molecular flexibility index (Phi) is 7.03. The number of nitrogens with zero attached hydrogens (tertiary/aromatic N) is 1. The number of aryl methyl sites for hydroxylation is 1. The third kappa shape index (κ3) is 5.61. The van der Waals surface area contributed by atoms with Crippen molar-refractivity contribution in [3.05, 3.63) is 35.1 Å². The average molecular weight is 320 g/mol. The summed E-state index contributed by atoms with van der Waals surface area (Å²) in [4.78, 5) is 14.7. The highest BCUT2D eigenvalue weighted by Crippen LogP contribution is 2.18. The van der Waals surface area contributed by atoms with Crippen LogP contribution < -0.4 is 5.32 Å². The van der Waals surface area contributed by atoms with Gasteiger partial charge in [0, 0.05) is 12.5 Å². The monoisotopic (exact) mass is 320 g/mol. The Hall–Kier alpha value is -1.42. The highest BCUT2D eigenvalue weighted by Gasteiger charge is 2.24. The summed E-state index contributed by atoms with van der Waals surface area (Å²) in [5, 5.41) is 2.96. The minimum absolute atomic E-state index is 0.104. The lowest BCUT2D eigenvalue weighted by Gasteiger charge is -2.31. The molecule has 0 radical (unpaired) electrons. The third-order valence-electron chi connectivity index (χ3n) is 4.74. The first-order valence-electron chi connectivity index (χ1n) is 8.85. The molecule has 1 saturated heterocycles. The number of piperidine rings is 1. The summed E-state index contributed by atoms with van der Waals surface area (Å²) in [7, 11) is 0. The van der Waals surface area contributed by atoms with Gasteiger partial charge in [0.15, 0.2) is 0 Å². The molecular formula is C19H29FN2O. The van der Waals surface area contributed by atoms with Crippen LogP contribution in [-0.2, 0) is 11.3 Å². The summed E-state index contributed by atoms with van der Waals surface area (Å²) in [5.41, 5.74) is 1.45. The molecule has 128 valence electrons. The van der Waals surface area contributed by atoms with Gasteiger partial charge in [0.05, 0.1) is 0 Å². The molecule has 23 heavy (non-hydrogen) atoms. The minimum atomic E-state index is -0.211. The SMILES string of the molecule is CCCCCN1CCC(C(=O)NCc2ccc(C)c(F)c2)CC1. The van der Waals surface area contributed by atoms with Crippen LogP contribution in [0.2, 0.25) is 0 Å². The molecule has 0 aliphatic carbocycles. The van der Waals surface area contributed by atoms with Crippen LogP contribution in [-0.4, -0.2) is 30.4 Å². The van der Waals surface area contributed by atoms with Crippen molar-refractivity contribution in [1.82, 2.24) is 10.2 Å². The van der Waals surface area contributed by atoms with Gasteiger partial charge in [-0.25, -0.2) is 4.39 Å². The van der Waals surface area contributed by atoms with Gasteiger partial charge in [0.2, 0.25) is 5.91 Å². The van der Waals surface area contributed by atoms with Gasteiger partial charge in [0.1, 0.15) is 5.82 Å². The Morgan fingerprint density at radius 3 is 2.70 bits per heavy atom. The summed E-state index contributed by atoms with van der Waals surface area (Å²) in [6.45, 7) is 7.56. The van der Waals surface area contributed by atoms with Crippen molar-refractivity contribution < 1.29 is 9.18 Å². The molecule has 1 amide bonds. The number of halogens is 1. The summed E-state index contributed by atoms with van der Waals surface area (Å²) < 4.78 is 13.5. The first-order chi connectivity index (χ1) is 11.1. The molecule has 0 unspecified atom stereocenters. The number of hydrogen-bond acceptors (Lipinski definition) is 2. The fourth-order valence-corrected chi connectivity index (χ4v) is 3.08. The van der Waals surface area contributed by atoms with E-state index in [-0.39, 0.29) is 17.6 Å². The predicted octanol–water partition coefficient (Wildman–Crippen LogP) is 3.65. The van der Waals surface area contributed by atoms with E-state index in [0.717, 1.165) is 38.0 Å². The molecule has 0 atom stereocenters. The summed E-state index contributed by atoms with van der Waals surface area (Å²) in [5.74, 6) is 0.00375. The van der Waals surface area contributed by atoms with Gasteiger partial charge in [0.25, 0.3) is 0 Å². The van der Waals surface area contributed by atoms with E-state index in [2.05, 4.69) is 17.1 Å². The van der Waals surface area contributed by atoms with Crippen molar-refractivity contribution >= 4 is 5.91 Å². The summed E-state index contributed by atoms with van der Waals surface area (Å²) >= 11 is 0. The minimum Gasteiger partial charge on any atom is -0.352 e. The van der Waals surface area contributed by atoms with Gasteiger partial charge in [-0.1, -0.05) is 31.9 Å². The predicted molar refractivity (Wildman–Crippen MR) is 91.7 cm³/mol. The lowest BCUT2D eigenvalue weighted by Crippen LogP contribution is -2.40. The van der Waals surface area contributed by atoms with Crippen molar-refractivity contribution in [3.63, 3.8) is 0 Å². The van der Waals surface area contributed by atoms with Crippen LogP contribution in [0.3, 0.4) is 0 Å². The fourth-order valence-electron chi connectivity index (χ4n) is 3.08. The van der Waals surface area contributed by atoms with Crippen LogP contribution >= 0.6 is 0 Å². The molecule has 1 heterocycles. The zero-order valence-electron chi connectivity index (χ0n) is 14.4. The van der Waals surface area contributed by atoms with Gasteiger partial charge in [-0.15, -0.1) is 0 Å². The van der Waals surface area contributed by atoms with E-state index in [1.165, 1.54) is 25.3 Å². The maximum atomic E-state index is 13.5. The average Bonchev–Trinajstić information content (AvgIpc) is 2.56. The fraction of sp³-hybridized carbons (Fsp3) is 0.632. The summed E-state index contributed by atoms with van der Waals surface area (Å²) in [6, 6.07) is 5.13. The first kappa shape index (κ1) is 17.9. The smallest absolute Gasteiger partial charge is 0.223 e. The van der Waals surface area contributed by atoms with Crippen molar-refractivity contribution in [1.29, 1.82) is 0 Å². The zero-order valence-corrected chi connectivity index (χ0v) is 14.4. The molecule has 1 aliphatic heterocycles. The molecule has 3 nitrogen and oxygen atoms in total. The largest absolute Gasteiger partial charge is 0.352 e. The molecule has 2 rings (SSSR count). The van der Waals surface area contributed by atoms with Gasteiger partial charge < -0.3 is 10.2 Å². The maximum absolute atomic E-state index is 13.5. The molecule has 0 aromatic heterocycles. The molecule has 4 heteroatoms. The molecule has 1 aromatic carbocycles. The first-order valence-corrected chi connectivity index (χ1v) is 8.85. The second kappa shape index (κ2) is 9.02. The number of benzene rings is 1. The molecule has 0 spiro atoms. The van der Waals surface area contributed by atoms with Gasteiger partial charge >= 0.3 is 0 Å². The standard InChI is InChI=1S/C19H29FN2O/c1-3-4-5-10-22-11-8-17(9-12-22)19(23)21-14-16-7-6-15(2)18(20)13-16/h6-7,13,17H,3-5,8-12,14H2,1-2H3,(H,21,23). The number of nitrogens with one attached hydrogen (secondary N) is 1. The number of unbranched alkanes of at least 4 members (excludes halogenated alkanes) is 2. The number of rotatable bonds is 7. The maximum Gasteiger partial charge on any atom is 0.223 e. The number of carbonyl (C=O) groups excluding carboxylic acids is 1. The van der Waals surface area contributed by atoms with E-state index < -0.39 is 0 Å². The Morgan fingerprint density at radius 2 is 2.04 bits per heavy atom. The third-order valence-corrected chi connectivity index (χ3v) is 4.74. The molecule has 1 aromatic rings. The normalized spacial score (nSPS) is 16.5. The van der Waals surface area contributed by atoms with E-state index in [1.807, 2.05) is 6.07 Å². The van der Waals surface area contributed by atoms with Gasteiger partial charge in [-0.05, 0) is 63.0 Å². The van der Waals surface area contributed by atoms with Crippen LogP contribution in [0.25, 0.3) is 0 Å². The quantitative estimate of drug-likeness (QED) is 0.778. The van der Waals surface area contributed by atoms with E-state index >= 15 is 0 Å². The Morgan fingerprint density at radius 1 is 1.30 bits per heavy atom. The number of carbonyl (C=O) groups is 1. The van der Waals surface area contributed by atoms with Crippen LogP contribution in [0.4, 0.5) is 4.39 Å².